The van der Waals surface area contributed by atoms with Crippen molar-refractivity contribution < 1.29 is 9.59 Å². The highest BCUT2D eigenvalue weighted by molar-refractivity contribution is 14.1. The van der Waals surface area contributed by atoms with Crippen LogP contribution in [0.1, 0.15) is 13.3 Å². The molecule has 3 heteroatoms. The highest BCUT2D eigenvalue weighted by Gasteiger charge is 2.37. The Morgan fingerprint density at radius 2 is 2.20 bits per heavy atom. The molecule has 0 radical (unpaired) electrons. The predicted octanol–water partition coefficient (Wildman–Crippen LogP) is 1.22. The fourth-order valence-corrected chi connectivity index (χ4v) is 2.13. The zero-order chi connectivity index (χ0) is 7.72. The zero-order valence-corrected chi connectivity index (χ0v) is 7.92. The first kappa shape index (κ1) is 8.17. The normalized spacial score (nSPS) is 33.4. The minimum atomic E-state index is -0.282. The van der Waals surface area contributed by atoms with E-state index in [1.54, 1.807) is 0 Å². The molecule has 0 saturated heterocycles. The molecule has 0 N–H and O–H groups in total. The van der Waals surface area contributed by atoms with Gasteiger partial charge in [0, 0.05) is 16.8 Å². The van der Waals surface area contributed by atoms with Crippen molar-refractivity contribution in [2.75, 3.05) is 4.43 Å². The van der Waals surface area contributed by atoms with E-state index in [4.69, 9.17) is 0 Å². The van der Waals surface area contributed by atoms with Gasteiger partial charge in [-0.05, 0) is 0 Å². The molecule has 0 amide bonds. The van der Waals surface area contributed by atoms with Gasteiger partial charge in [0.15, 0.2) is 0 Å². The number of Topliss-reactive ketones (excluding diaryl/α,β-unsaturated/α-hetero) is 2. The number of alkyl halides is 1. The second kappa shape index (κ2) is 2.98. The molecule has 2 atom stereocenters. The second-order valence-electron chi connectivity index (χ2n) is 2.68. The maximum absolute atomic E-state index is 11.1. The largest absolute Gasteiger partial charge is 0.299 e. The van der Waals surface area contributed by atoms with E-state index < -0.39 is 0 Å². The van der Waals surface area contributed by atoms with Crippen LogP contribution in [-0.2, 0) is 9.59 Å². The highest BCUT2D eigenvalue weighted by Crippen LogP contribution is 2.24. The molecule has 2 unspecified atom stereocenters. The van der Waals surface area contributed by atoms with Gasteiger partial charge >= 0.3 is 0 Å². The van der Waals surface area contributed by atoms with Crippen LogP contribution in [0.15, 0.2) is 0 Å². The molecule has 0 aromatic heterocycles. The Hall–Kier alpha value is 0.0700. The van der Waals surface area contributed by atoms with E-state index in [2.05, 4.69) is 22.6 Å². The lowest BCUT2D eigenvalue weighted by molar-refractivity contribution is -0.126. The summed E-state index contributed by atoms with van der Waals surface area (Å²) in [5, 5.41) is 0. The maximum Gasteiger partial charge on any atom is 0.147 e. The summed E-state index contributed by atoms with van der Waals surface area (Å²) in [6.45, 7) is 1.83. The Bertz CT molecular complexity index is 176. The van der Waals surface area contributed by atoms with E-state index in [-0.39, 0.29) is 23.4 Å². The van der Waals surface area contributed by atoms with Crippen LogP contribution in [0.5, 0.6) is 0 Å². The number of carbonyl (C=O) groups is 2. The Morgan fingerprint density at radius 3 is 2.40 bits per heavy atom. The first-order valence-electron chi connectivity index (χ1n) is 3.29. The van der Waals surface area contributed by atoms with Crippen molar-refractivity contribution in [2.24, 2.45) is 11.8 Å². The average molecular weight is 252 g/mol. The number of carbonyl (C=O) groups excluding carboxylic acids is 2. The molecular formula is C7H9IO2. The molecule has 1 aliphatic rings. The van der Waals surface area contributed by atoms with Gasteiger partial charge in [-0.3, -0.25) is 9.59 Å². The van der Waals surface area contributed by atoms with Crippen molar-refractivity contribution in [3.05, 3.63) is 0 Å². The number of rotatable bonds is 1. The lowest BCUT2D eigenvalue weighted by atomic mass is 10.1. The van der Waals surface area contributed by atoms with Gasteiger partial charge in [-0.1, -0.05) is 29.5 Å². The van der Waals surface area contributed by atoms with Crippen molar-refractivity contribution in [3.63, 3.8) is 0 Å². The Morgan fingerprint density at radius 1 is 1.60 bits per heavy atom. The third-order valence-corrected chi connectivity index (χ3v) is 2.76. The SMILES string of the molecule is CC1CC(=O)C(CI)C1=O. The fourth-order valence-electron chi connectivity index (χ4n) is 1.21. The summed E-state index contributed by atoms with van der Waals surface area (Å²) in [5.41, 5.74) is 0. The molecule has 0 heterocycles. The topological polar surface area (TPSA) is 34.1 Å². The molecule has 1 aliphatic carbocycles. The number of ketones is 2. The van der Waals surface area contributed by atoms with Crippen molar-refractivity contribution in [2.45, 2.75) is 13.3 Å². The van der Waals surface area contributed by atoms with Crippen molar-refractivity contribution in [1.82, 2.24) is 0 Å². The number of hydrogen-bond donors (Lipinski definition) is 0. The van der Waals surface area contributed by atoms with Gasteiger partial charge in [-0.15, -0.1) is 0 Å². The van der Waals surface area contributed by atoms with Crippen LogP contribution in [0.2, 0.25) is 0 Å². The van der Waals surface area contributed by atoms with Gasteiger partial charge in [-0.25, -0.2) is 0 Å². The summed E-state index contributed by atoms with van der Waals surface area (Å²) in [6.07, 6.45) is 0.465. The van der Waals surface area contributed by atoms with Gasteiger partial charge in [0.05, 0.1) is 5.92 Å². The van der Waals surface area contributed by atoms with E-state index in [0.29, 0.717) is 10.8 Å². The van der Waals surface area contributed by atoms with Crippen LogP contribution in [0, 0.1) is 11.8 Å². The molecule has 10 heavy (non-hydrogen) atoms. The summed E-state index contributed by atoms with van der Waals surface area (Å²) in [5.74, 6) is -0.0332. The maximum atomic E-state index is 11.1. The van der Waals surface area contributed by atoms with E-state index in [1.807, 2.05) is 6.92 Å². The lowest BCUT2D eigenvalue weighted by Gasteiger charge is -1.99. The molecule has 56 valence electrons. The Labute approximate surface area is 73.5 Å². The highest BCUT2D eigenvalue weighted by atomic mass is 127. The average Bonchev–Trinajstić information content (AvgIpc) is 2.09. The van der Waals surface area contributed by atoms with Gasteiger partial charge in [0.2, 0.25) is 0 Å². The lowest BCUT2D eigenvalue weighted by Crippen LogP contribution is -2.17. The summed E-state index contributed by atoms with van der Waals surface area (Å²) in [6, 6.07) is 0. The molecule has 2 nitrogen and oxygen atoms in total. The minimum absolute atomic E-state index is 0.0211. The van der Waals surface area contributed by atoms with Crippen LogP contribution >= 0.6 is 22.6 Å². The molecule has 1 rings (SSSR count). The van der Waals surface area contributed by atoms with Crippen LogP contribution in [-0.4, -0.2) is 16.0 Å². The zero-order valence-electron chi connectivity index (χ0n) is 5.76. The summed E-state index contributed by atoms with van der Waals surface area (Å²) < 4.78 is 0.653. The van der Waals surface area contributed by atoms with Crippen LogP contribution in [0.3, 0.4) is 0 Å². The summed E-state index contributed by atoms with van der Waals surface area (Å²) in [7, 11) is 0. The number of halogens is 1. The molecule has 0 aromatic carbocycles. The second-order valence-corrected chi connectivity index (χ2v) is 3.56. The van der Waals surface area contributed by atoms with Gasteiger partial charge < -0.3 is 0 Å². The molecule has 1 saturated carbocycles. The molecule has 1 fully saturated rings. The molecule has 0 spiro atoms. The van der Waals surface area contributed by atoms with Crippen molar-refractivity contribution in [1.29, 1.82) is 0 Å². The van der Waals surface area contributed by atoms with Crippen LogP contribution in [0.4, 0.5) is 0 Å². The minimum Gasteiger partial charge on any atom is -0.299 e. The molecule has 0 aromatic rings. The van der Waals surface area contributed by atoms with E-state index in [0.717, 1.165) is 0 Å². The summed E-state index contributed by atoms with van der Waals surface area (Å²) >= 11 is 2.09. The fraction of sp³-hybridized carbons (Fsp3) is 0.714. The monoisotopic (exact) mass is 252 g/mol. The van der Waals surface area contributed by atoms with Crippen molar-refractivity contribution in [3.8, 4) is 0 Å². The van der Waals surface area contributed by atoms with Crippen molar-refractivity contribution >= 4 is 34.2 Å². The van der Waals surface area contributed by atoms with E-state index >= 15 is 0 Å². The van der Waals surface area contributed by atoms with Crippen LogP contribution < -0.4 is 0 Å². The van der Waals surface area contributed by atoms with Gasteiger partial charge in [0.1, 0.15) is 11.6 Å². The molecular weight excluding hydrogens is 243 g/mol. The Kier molecular flexibility index (Phi) is 2.44. The summed E-state index contributed by atoms with van der Waals surface area (Å²) in [4.78, 5) is 22.1. The first-order valence-corrected chi connectivity index (χ1v) is 4.81. The van der Waals surface area contributed by atoms with Crippen LogP contribution in [0.25, 0.3) is 0 Å². The smallest absolute Gasteiger partial charge is 0.147 e. The number of hydrogen-bond acceptors (Lipinski definition) is 2. The standard InChI is InChI=1S/C7H9IO2/c1-4-2-6(9)5(3-8)7(4)10/h4-5H,2-3H2,1H3. The quantitative estimate of drug-likeness (QED) is 0.399. The first-order chi connectivity index (χ1) is 4.66. The molecule has 0 bridgehead atoms. The van der Waals surface area contributed by atoms with Gasteiger partial charge in [-0.2, -0.15) is 0 Å². The Balaban J connectivity index is 2.74. The van der Waals surface area contributed by atoms with E-state index in [9.17, 15) is 9.59 Å². The third kappa shape index (κ3) is 1.24. The van der Waals surface area contributed by atoms with E-state index in [1.165, 1.54) is 0 Å². The molecule has 0 aliphatic heterocycles. The predicted molar refractivity (Wildman–Crippen MR) is 46.2 cm³/mol. The van der Waals surface area contributed by atoms with Gasteiger partial charge in [0.25, 0.3) is 0 Å². The third-order valence-electron chi connectivity index (χ3n) is 1.88.